The molecule has 1 aliphatic rings. The number of nitro benzene ring substituents is 1. The Labute approximate surface area is 105 Å². The molecule has 0 aromatic heterocycles. The lowest BCUT2D eigenvalue weighted by Gasteiger charge is -2.34. The first-order chi connectivity index (χ1) is 8.08. The Morgan fingerprint density at radius 2 is 1.94 bits per heavy atom. The Morgan fingerprint density at radius 1 is 1.29 bits per heavy atom. The Morgan fingerprint density at radius 3 is 2.47 bits per heavy atom. The van der Waals surface area contributed by atoms with E-state index in [0.29, 0.717) is 0 Å². The number of rotatable bonds is 2. The fraction of sp³-hybridized carbons (Fsp3) is 0.455. The van der Waals surface area contributed by atoms with Crippen LogP contribution in [0.25, 0.3) is 0 Å². The third kappa shape index (κ3) is 2.68. The lowest BCUT2D eigenvalue weighted by atomic mass is 10.2. The van der Waals surface area contributed by atoms with E-state index < -0.39 is 4.92 Å². The number of piperazine rings is 1. The van der Waals surface area contributed by atoms with Crippen molar-refractivity contribution >= 4 is 23.0 Å². The molecule has 0 unspecified atom stereocenters. The van der Waals surface area contributed by atoms with Gasteiger partial charge < -0.3 is 9.80 Å². The van der Waals surface area contributed by atoms with Gasteiger partial charge in [-0.1, -0.05) is 11.6 Å². The standard InChI is InChI=1S/C11H14ClN3O2/c1-13-4-6-14(7-5-13)9-2-3-11(15(16)17)10(12)8-9/h2-3,8H,4-7H2,1H3. The van der Waals surface area contributed by atoms with Crippen LogP contribution in [-0.2, 0) is 0 Å². The van der Waals surface area contributed by atoms with Crippen molar-refractivity contribution in [2.45, 2.75) is 0 Å². The molecule has 0 saturated carbocycles. The van der Waals surface area contributed by atoms with E-state index in [-0.39, 0.29) is 10.7 Å². The zero-order chi connectivity index (χ0) is 12.4. The summed E-state index contributed by atoms with van der Waals surface area (Å²) in [4.78, 5) is 14.6. The third-order valence-corrected chi connectivity index (χ3v) is 3.30. The predicted molar refractivity (Wildman–Crippen MR) is 67.8 cm³/mol. The molecule has 0 atom stereocenters. The summed E-state index contributed by atoms with van der Waals surface area (Å²) in [5, 5.41) is 10.9. The molecule has 0 amide bonds. The highest BCUT2D eigenvalue weighted by atomic mass is 35.5. The Kier molecular flexibility index (Phi) is 3.49. The van der Waals surface area contributed by atoms with Crippen molar-refractivity contribution < 1.29 is 4.92 Å². The molecule has 1 aromatic rings. The van der Waals surface area contributed by atoms with Gasteiger partial charge >= 0.3 is 0 Å². The fourth-order valence-electron chi connectivity index (χ4n) is 1.91. The number of anilines is 1. The second-order valence-corrected chi connectivity index (χ2v) is 4.59. The quantitative estimate of drug-likeness (QED) is 0.599. The fourth-order valence-corrected chi connectivity index (χ4v) is 2.15. The minimum absolute atomic E-state index is 0.0375. The lowest BCUT2D eigenvalue weighted by Crippen LogP contribution is -2.44. The van der Waals surface area contributed by atoms with E-state index in [9.17, 15) is 10.1 Å². The van der Waals surface area contributed by atoms with Crippen LogP contribution in [0.5, 0.6) is 0 Å². The maximum Gasteiger partial charge on any atom is 0.288 e. The highest BCUT2D eigenvalue weighted by Crippen LogP contribution is 2.29. The van der Waals surface area contributed by atoms with E-state index >= 15 is 0 Å². The molecule has 5 nitrogen and oxygen atoms in total. The monoisotopic (exact) mass is 255 g/mol. The van der Waals surface area contributed by atoms with Crippen molar-refractivity contribution in [1.82, 2.24) is 4.90 Å². The minimum Gasteiger partial charge on any atom is -0.369 e. The Hall–Kier alpha value is -1.33. The summed E-state index contributed by atoms with van der Waals surface area (Å²) in [6.07, 6.45) is 0. The van der Waals surface area contributed by atoms with Crippen molar-refractivity contribution in [3.8, 4) is 0 Å². The molecule has 6 heteroatoms. The SMILES string of the molecule is CN1CCN(c2ccc([N+](=O)[O-])c(Cl)c2)CC1. The van der Waals surface area contributed by atoms with Gasteiger partial charge in [0.2, 0.25) is 0 Å². The lowest BCUT2D eigenvalue weighted by molar-refractivity contribution is -0.384. The van der Waals surface area contributed by atoms with Gasteiger partial charge in [-0.3, -0.25) is 10.1 Å². The molecule has 0 radical (unpaired) electrons. The summed E-state index contributed by atoms with van der Waals surface area (Å²) in [6.45, 7) is 3.83. The van der Waals surface area contributed by atoms with Gasteiger partial charge in [-0.2, -0.15) is 0 Å². The van der Waals surface area contributed by atoms with E-state index in [0.717, 1.165) is 31.9 Å². The van der Waals surface area contributed by atoms with Crippen LogP contribution in [0.3, 0.4) is 0 Å². The average Bonchev–Trinajstić information content (AvgIpc) is 2.29. The van der Waals surface area contributed by atoms with E-state index in [1.165, 1.54) is 6.07 Å². The molecule has 0 N–H and O–H groups in total. The van der Waals surface area contributed by atoms with Gasteiger partial charge in [0.1, 0.15) is 5.02 Å². The van der Waals surface area contributed by atoms with Crippen LogP contribution in [0.1, 0.15) is 0 Å². The second-order valence-electron chi connectivity index (χ2n) is 4.18. The summed E-state index contributed by atoms with van der Waals surface area (Å²) >= 11 is 5.89. The summed E-state index contributed by atoms with van der Waals surface area (Å²) in [5.74, 6) is 0. The maximum absolute atomic E-state index is 10.7. The van der Waals surface area contributed by atoms with Crippen molar-refractivity contribution in [3.63, 3.8) is 0 Å². The number of nitro groups is 1. The Balaban J connectivity index is 2.17. The predicted octanol–water partition coefficient (Wildman–Crippen LogP) is 2.00. The molecule has 17 heavy (non-hydrogen) atoms. The first kappa shape index (κ1) is 12.1. The molecular weight excluding hydrogens is 242 g/mol. The van der Waals surface area contributed by atoms with Crippen molar-refractivity contribution in [1.29, 1.82) is 0 Å². The summed E-state index contributed by atoms with van der Waals surface area (Å²) in [5.41, 5.74) is 0.915. The van der Waals surface area contributed by atoms with E-state index in [1.54, 1.807) is 12.1 Å². The molecule has 1 saturated heterocycles. The van der Waals surface area contributed by atoms with Crippen LogP contribution in [0, 0.1) is 10.1 Å². The average molecular weight is 256 g/mol. The number of nitrogens with zero attached hydrogens (tertiary/aromatic N) is 3. The topological polar surface area (TPSA) is 49.6 Å². The normalized spacial score (nSPS) is 17.2. The molecule has 1 fully saturated rings. The Bertz CT molecular complexity index is 431. The van der Waals surface area contributed by atoms with Gasteiger partial charge in [0.15, 0.2) is 0 Å². The molecular formula is C11H14ClN3O2. The van der Waals surface area contributed by atoms with E-state index in [2.05, 4.69) is 16.8 Å². The molecule has 1 aliphatic heterocycles. The smallest absolute Gasteiger partial charge is 0.288 e. The zero-order valence-electron chi connectivity index (χ0n) is 9.60. The summed E-state index contributed by atoms with van der Waals surface area (Å²) < 4.78 is 0. The minimum atomic E-state index is -0.462. The van der Waals surface area contributed by atoms with Crippen LogP contribution < -0.4 is 4.90 Å². The van der Waals surface area contributed by atoms with Crippen LogP contribution >= 0.6 is 11.6 Å². The van der Waals surface area contributed by atoms with Crippen LogP contribution in [0.4, 0.5) is 11.4 Å². The highest BCUT2D eigenvalue weighted by molar-refractivity contribution is 6.32. The van der Waals surface area contributed by atoms with Gasteiger partial charge in [-0.15, -0.1) is 0 Å². The number of halogens is 1. The third-order valence-electron chi connectivity index (χ3n) is 3.00. The van der Waals surface area contributed by atoms with Crippen LogP contribution in [0.2, 0.25) is 5.02 Å². The second kappa shape index (κ2) is 4.89. The van der Waals surface area contributed by atoms with Crippen molar-refractivity contribution in [2.75, 3.05) is 38.1 Å². The van der Waals surface area contributed by atoms with Crippen LogP contribution in [0.15, 0.2) is 18.2 Å². The number of hydrogen-bond acceptors (Lipinski definition) is 4. The molecule has 92 valence electrons. The number of hydrogen-bond donors (Lipinski definition) is 0. The van der Waals surface area contributed by atoms with Crippen molar-refractivity contribution in [2.24, 2.45) is 0 Å². The highest BCUT2D eigenvalue weighted by Gasteiger charge is 2.17. The number of benzene rings is 1. The maximum atomic E-state index is 10.7. The van der Waals surface area contributed by atoms with Gasteiger partial charge in [0, 0.05) is 37.9 Å². The van der Waals surface area contributed by atoms with Crippen molar-refractivity contribution in [3.05, 3.63) is 33.3 Å². The molecule has 0 aliphatic carbocycles. The number of likely N-dealkylation sites (N-methyl/N-ethyl adjacent to an activating group) is 1. The van der Waals surface area contributed by atoms with Gasteiger partial charge in [0.05, 0.1) is 4.92 Å². The largest absolute Gasteiger partial charge is 0.369 e. The molecule has 2 rings (SSSR count). The van der Waals surface area contributed by atoms with Gasteiger partial charge in [-0.25, -0.2) is 0 Å². The van der Waals surface area contributed by atoms with E-state index in [4.69, 9.17) is 11.6 Å². The first-order valence-electron chi connectivity index (χ1n) is 5.45. The summed E-state index contributed by atoms with van der Waals surface area (Å²) in [7, 11) is 2.08. The van der Waals surface area contributed by atoms with Crippen LogP contribution in [-0.4, -0.2) is 43.0 Å². The molecule has 0 bridgehead atoms. The molecule has 0 spiro atoms. The zero-order valence-corrected chi connectivity index (χ0v) is 10.4. The van der Waals surface area contributed by atoms with Gasteiger partial charge in [0.25, 0.3) is 5.69 Å². The van der Waals surface area contributed by atoms with Gasteiger partial charge in [-0.05, 0) is 19.2 Å². The van der Waals surface area contributed by atoms with E-state index in [1.807, 2.05) is 0 Å². The molecule has 1 heterocycles. The summed E-state index contributed by atoms with van der Waals surface area (Å²) in [6, 6.07) is 4.90. The molecule has 1 aromatic carbocycles. The first-order valence-corrected chi connectivity index (χ1v) is 5.83.